The van der Waals surface area contributed by atoms with Crippen LogP contribution in [-0.2, 0) is 0 Å². The van der Waals surface area contributed by atoms with Gasteiger partial charge in [-0.15, -0.1) is 0 Å². The molecule has 0 atom stereocenters. The zero-order valence-corrected chi connectivity index (χ0v) is 13.1. The molecule has 0 amide bonds. The number of halogens is 2. The first-order chi connectivity index (χ1) is 10.2. The Morgan fingerprint density at radius 2 is 1.62 bits per heavy atom. The van der Waals surface area contributed by atoms with Gasteiger partial charge in [-0.2, -0.15) is 0 Å². The molecule has 0 bridgehead atoms. The smallest absolute Gasteiger partial charge is 0.190 e. The largest absolute Gasteiger partial charge is 0.488 e. The van der Waals surface area contributed by atoms with Crippen LogP contribution in [0.25, 0.3) is 0 Å². The molecule has 2 rings (SSSR count). The second-order valence-corrected chi connectivity index (χ2v) is 6.17. The van der Waals surface area contributed by atoms with Gasteiger partial charge < -0.3 is 4.74 Å². The van der Waals surface area contributed by atoms with Crippen molar-refractivity contribution in [2.24, 2.45) is 5.92 Å². The standard InChI is InChI=1S/C18H26F2O/c1-3-5-13-6-8-14(9-7-13)15-11-16(19)18(17(20)12-15)21-10-4-2/h11-14H,3-10H2,1-2H3/t13-,14-. The van der Waals surface area contributed by atoms with Crippen LogP contribution >= 0.6 is 0 Å². The monoisotopic (exact) mass is 296 g/mol. The van der Waals surface area contributed by atoms with E-state index in [1.54, 1.807) is 0 Å². The summed E-state index contributed by atoms with van der Waals surface area (Å²) in [5, 5.41) is 0. The predicted octanol–water partition coefficient (Wildman–Crippen LogP) is 5.83. The van der Waals surface area contributed by atoms with Crippen molar-refractivity contribution in [1.29, 1.82) is 0 Å². The van der Waals surface area contributed by atoms with Gasteiger partial charge in [-0.25, -0.2) is 8.78 Å². The van der Waals surface area contributed by atoms with Crippen LogP contribution in [0.1, 0.15) is 70.3 Å². The normalized spacial score (nSPS) is 22.3. The van der Waals surface area contributed by atoms with Crippen molar-refractivity contribution in [3.63, 3.8) is 0 Å². The molecule has 1 aromatic rings. The van der Waals surface area contributed by atoms with Crippen LogP contribution in [0.15, 0.2) is 12.1 Å². The SMILES string of the molecule is CCCOc1c(F)cc([C@H]2CC[C@H](CCC)CC2)cc1F. The van der Waals surface area contributed by atoms with E-state index in [0.717, 1.165) is 30.7 Å². The van der Waals surface area contributed by atoms with E-state index >= 15 is 0 Å². The fourth-order valence-corrected chi connectivity index (χ4v) is 3.35. The molecule has 1 aliphatic carbocycles. The van der Waals surface area contributed by atoms with Crippen molar-refractivity contribution in [1.82, 2.24) is 0 Å². The molecule has 0 aliphatic heterocycles. The summed E-state index contributed by atoms with van der Waals surface area (Å²) in [7, 11) is 0. The van der Waals surface area contributed by atoms with E-state index in [-0.39, 0.29) is 5.75 Å². The zero-order valence-electron chi connectivity index (χ0n) is 13.1. The van der Waals surface area contributed by atoms with Crippen molar-refractivity contribution in [2.75, 3.05) is 6.61 Å². The summed E-state index contributed by atoms with van der Waals surface area (Å²) in [6, 6.07) is 2.94. The van der Waals surface area contributed by atoms with Crippen LogP contribution in [0.4, 0.5) is 8.78 Å². The van der Waals surface area contributed by atoms with E-state index in [1.807, 2.05) is 6.92 Å². The predicted molar refractivity (Wildman–Crippen MR) is 81.8 cm³/mol. The van der Waals surface area contributed by atoms with Gasteiger partial charge in [-0.05, 0) is 61.6 Å². The Morgan fingerprint density at radius 1 is 1.00 bits per heavy atom. The van der Waals surface area contributed by atoms with Crippen LogP contribution in [0.5, 0.6) is 5.75 Å². The van der Waals surface area contributed by atoms with Crippen molar-refractivity contribution >= 4 is 0 Å². The van der Waals surface area contributed by atoms with Crippen LogP contribution in [0.2, 0.25) is 0 Å². The van der Waals surface area contributed by atoms with Crippen LogP contribution in [0.3, 0.4) is 0 Å². The maximum absolute atomic E-state index is 14.0. The number of benzene rings is 1. The lowest BCUT2D eigenvalue weighted by Gasteiger charge is -2.28. The molecule has 118 valence electrons. The summed E-state index contributed by atoms with van der Waals surface area (Å²) in [5.74, 6) is -0.251. The molecular formula is C18H26F2O. The topological polar surface area (TPSA) is 9.23 Å². The fraction of sp³-hybridized carbons (Fsp3) is 0.667. The van der Waals surface area contributed by atoms with Gasteiger partial charge in [0.25, 0.3) is 0 Å². The van der Waals surface area contributed by atoms with E-state index in [9.17, 15) is 8.78 Å². The Labute approximate surface area is 126 Å². The van der Waals surface area contributed by atoms with Gasteiger partial charge in [0.15, 0.2) is 17.4 Å². The first-order valence-corrected chi connectivity index (χ1v) is 8.27. The lowest BCUT2D eigenvalue weighted by atomic mass is 9.77. The molecule has 0 N–H and O–H groups in total. The number of rotatable bonds is 6. The molecule has 21 heavy (non-hydrogen) atoms. The highest BCUT2D eigenvalue weighted by Gasteiger charge is 2.24. The maximum atomic E-state index is 14.0. The fourth-order valence-electron chi connectivity index (χ4n) is 3.35. The highest BCUT2D eigenvalue weighted by Crippen LogP contribution is 2.39. The third-order valence-electron chi connectivity index (χ3n) is 4.49. The molecule has 0 aromatic heterocycles. The van der Waals surface area contributed by atoms with Crippen LogP contribution < -0.4 is 4.74 Å². The van der Waals surface area contributed by atoms with Gasteiger partial charge >= 0.3 is 0 Å². The second kappa shape index (κ2) is 7.77. The summed E-state index contributed by atoms with van der Waals surface area (Å²) in [4.78, 5) is 0. The lowest BCUT2D eigenvalue weighted by molar-refractivity contribution is 0.282. The molecule has 0 heterocycles. The molecule has 0 unspecified atom stereocenters. The first-order valence-electron chi connectivity index (χ1n) is 8.27. The molecule has 1 fully saturated rings. The van der Waals surface area contributed by atoms with E-state index < -0.39 is 11.6 Å². The lowest BCUT2D eigenvalue weighted by Crippen LogP contribution is -2.14. The van der Waals surface area contributed by atoms with Gasteiger partial charge in [-0.3, -0.25) is 0 Å². The van der Waals surface area contributed by atoms with Crippen molar-refractivity contribution in [2.45, 2.75) is 64.7 Å². The summed E-state index contributed by atoms with van der Waals surface area (Å²) in [6.45, 7) is 4.47. The third-order valence-corrected chi connectivity index (χ3v) is 4.49. The van der Waals surface area contributed by atoms with E-state index in [2.05, 4.69) is 6.92 Å². The Balaban J connectivity index is 2.04. The van der Waals surface area contributed by atoms with Crippen LogP contribution in [0, 0.1) is 17.6 Å². The molecule has 1 aliphatic rings. The van der Waals surface area contributed by atoms with Gasteiger partial charge in [0.2, 0.25) is 0 Å². The zero-order chi connectivity index (χ0) is 15.2. The minimum atomic E-state index is -0.561. The van der Waals surface area contributed by atoms with Crippen LogP contribution in [-0.4, -0.2) is 6.61 Å². The van der Waals surface area contributed by atoms with Gasteiger partial charge in [0.1, 0.15) is 0 Å². The minimum Gasteiger partial charge on any atom is -0.488 e. The maximum Gasteiger partial charge on any atom is 0.190 e. The number of ether oxygens (including phenoxy) is 1. The van der Waals surface area contributed by atoms with E-state index in [4.69, 9.17) is 4.74 Å². The summed E-state index contributed by atoms with van der Waals surface area (Å²) in [6.07, 6.45) is 7.67. The van der Waals surface area contributed by atoms with Crippen molar-refractivity contribution < 1.29 is 13.5 Å². The Kier molecular flexibility index (Phi) is 6.01. The first kappa shape index (κ1) is 16.3. The third kappa shape index (κ3) is 4.18. The van der Waals surface area contributed by atoms with E-state index in [0.29, 0.717) is 12.5 Å². The average molecular weight is 296 g/mol. The quantitative estimate of drug-likeness (QED) is 0.642. The molecule has 0 saturated heterocycles. The van der Waals surface area contributed by atoms with Crippen molar-refractivity contribution in [3.8, 4) is 5.75 Å². The Hall–Kier alpha value is -1.12. The van der Waals surface area contributed by atoms with Gasteiger partial charge in [-0.1, -0.05) is 26.7 Å². The molecule has 1 saturated carbocycles. The minimum absolute atomic E-state index is 0.222. The van der Waals surface area contributed by atoms with E-state index in [1.165, 1.54) is 37.8 Å². The molecule has 0 radical (unpaired) electrons. The molecule has 1 aromatic carbocycles. The highest BCUT2D eigenvalue weighted by atomic mass is 19.1. The second-order valence-electron chi connectivity index (χ2n) is 6.17. The average Bonchev–Trinajstić information content (AvgIpc) is 2.47. The molecule has 1 nitrogen and oxygen atoms in total. The highest BCUT2D eigenvalue weighted by molar-refractivity contribution is 5.33. The Morgan fingerprint density at radius 3 is 2.14 bits per heavy atom. The Bertz CT molecular complexity index is 428. The summed E-state index contributed by atoms with van der Waals surface area (Å²) >= 11 is 0. The van der Waals surface area contributed by atoms with Gasteiger partial charge in [0.05, 0.1) is 6.61 Å². The summed E-state index contributed by atoms with van der Waals surface area (Å²) in [5.41, 5.74) is 0.795. The molecular weight excluding hydrogens is 270 g/mol. The summed E-state index contributed by atoms with van der Waals surface area (Å²) < 4.78 is 33.2. The molecule has 3 heteroatoms. The number of hydrogen-bond acceptors (Lipinski definition) is 1. The number of hydrogen-bond donors (Lipinski definition) is 0. The van der Waals surface area contributed by atoms with Gasteiger partial charge in [0, 0.05) is 0 Å². The van der Waals surface area contributed by atoms with Crippen molar-refractivity contribution in [3.05, 3.63) is 29.3 Å². The molecule has 0 spiro atoms.